The van der Waals surface area contributed by atoms with Crippen LogP contribution in [0.25, 0.3) is 10.9 Å². The minimum Gasteiger partial charge on any atom is -0.508 e. The highest BCUT2D eigenvalue weighted by atomic mass is 16.5. The highest BCUT2D eigenvalue weighted by molar-refractivity contribution is 5.82. The van der Waals surface area contributed by atoms with Crippen molar-refractivity contribution in [3.05, 3.63) is 262 Å². The summed E-state index contributed by atoms with van der Waals surface area (Å²) in [7, 11) is 5.14. The van der Waals surface area contributed by atoms with Crippen LogP contribution < -0.4 is 14.2 Å². The fourth-order valence-corrected chi connectivity index (χ4v) is 9.50. The third-order valence-corrected chi connectivity index (χ3v) is 12.4. The number of rotatable bonds is 11. The molecule has 63 heavy (non-hydrogen) atoms. The van der Waals surface area contributed by atoms with E-state index < -0.39 is 10.8 Å². The second-order valence-electron chi connectivity index (χ2n) is 15.7. The molecule has 0 bridgehead atoms. The Hall–Kier alpha value is -7.70. The van der Waals surface area contributed by atoms with Crippen molar-refractivity contribution in [3.63, 3.8) is 0 Å². The smallest absolute Gasteiger partial charge is 0.123 e. The predicted octanol–water partition coefficient (Wildman–Crippen LogP) is 12.3. The van der Waals surface area contributed by atoms with Gasteiger partial charge in [-0.3, -0.25) is 0 Å². The number of hydrogen-bond donors (Lipinski definition) is 3. The van der Waals surface area contributed by atoms with E-state index in [-0.39, 0.29) is 5.75 Å². The van der Waals surface area contributed by atoms with Crippen LogP contribution in [0.15, 0.2) is 206 Å². The van der Waals surface area contributed by atoms with Crippen molar-refractivity contribution in [1.29, 1.82) is 0 Å². The topological polar surface area (TPSA) is 79.5 Å². The summed E-state index contributed by atoms with van der Waals surface area (Å²) in [6.45, 7) is 0. The largest absolute Gasteiger partial charge is 0.508 e. The number of phenols is 1. The highest BCUT2D eigenvalue weighted by Gasteiger charge is 2.43. The number of methoxy groups -OCH3 is 3. The van der Waals surface area contributed by atoms with E-state index in [4.69, 9.17) is 14.2 Å². The Morgan fingerprint density at radius 3 is 1.46 bits per heavy atom. The number of hydrogen-bond acceptors (Lipinski definition) is 4. The first-order valence-electron chi connectivity index (χ1n) is 21.3. The van der Waals surface area contributed by atoms with Gasteiger partial charge in [0.2, 0.25) is 0 Å². The standard InChI is InChI=1S/C29H25NO2.C28H25NO2/c1-31-24-18-16-23(17-19-24)29(22-11-4-3-5-12-22,25-13-7-9-15-27(25)32-2)28-20-21-10-6-8-14-26(21)30-28;1-31-26-14-8-6-12-24(26)28(21-10-3-2-4-11-21,22-15-17-23(30)18-16-22)27-19-20-9-5-7-13-25(20)29-27/h3-20,30H,1-2H3;2-8,10-12,14-19,29-30H,9,13H2,1H3/t29-;28-/m11/s1. The fourth-order valence-electron chi connectivity index (χ4n) is 9.50. The molecule has 6 heteroatoms. The number of nitrogens with one attached hydrogen (secondary N) is 2. The van der Waals surface area contributed by atoms with Crippen molar-refractivity contribution in [2.45, 2.75) is 23.7 Å². The van der Waals surface area contributed by atoms with E-state index in [2.05, 4.69) is 150 Å². The Balaban J connectivity index is 0.000000160. The Kier molecular flexibility index (Phi) is 11.4. The van der Waals surface area contributed by atoms with Gasteiger partial charge in [-0.15, -0.1) is 0 Å². The molecule has 1 aliphatic carbocycles. The van der Waals surface area contributed by atoms with Gasteiger partial charge in [0.15, 0.2) is 0 Å². The van der Waals surface area contributed by atoms with Crippen LogP contribution in [-0.2, 0) is 23.7 Å². The lowest BCUT2D eigenvalue weighted by molar-refractivity contribution is 0.404. The summed E-state index contributed by atoms with van der Waals surface area (Å²) in [5, 5.41) is 11.2. The van der Waals surface area contributed by atoms with Crippen LogP contribution in [0.5, 0.6) is 23.0 Å². The SMILES string of the molecule is COc1ccc([C@@](c2ccccc2)(c2cc3ccccc3[nH]2)c2ccccc2OC)cc1.COc1ccccc1[C@@](c1ccccc1)(c1ccc(O)cc1)c1cc2c([nH]1)CC=CC2. The number of H-pyrrole nitrogens is 2. The van der Waals surface area contributed by atoms with Crippen molar-refractivity contribution in [3.8, 4) is 23.0 Å². The van der Waals surface area contributed by atoms with Gasteiger partial charge in [-0.25, -0.2) is 0 Å². The first-order chi connectivity index (χ1) is 31.0. The summed E-state index contributed by atoms with van der Waals surface area (Å²) in [4.78, 5) is 7.49. The van der Waals surface area contributed by atoms with Crippen LogP contribution in [-0.4, -0.2) is 36.4 Å². The summed E-state index contributed by atoms with van der Waals surface area (Å²) in [6, 6.07) is 66.4. The lowest BCUT2D eigenvalue weighted by atomic mass is 9.67. The third kappa shape index (κ3) is 7.33. The lowest BCUT2D eigenvalue weighted by Gasteiger charge is -2.36. The summed E-state index contributed by atoms with van der Waals surface area (Å²) in [5.74, 6) is 2.74. The predicted molar refractivity (Wildman–Crippen MR) is 254 cm³/mol. The molecule has 312 valence electrons. The number of phenolic OH excluding ortho intramolecular Hbond substituents is 1. The van der Waals surface area contributed by atoms with Gasteiger partial charge in [0.05, 0.1) is 32.2 Å². The molecule has 0 radical (unpaired) electrons. The van der Waals surface area contributed by atoms with Crippen LogP contribution >= 0.6 is 0 Å². The van der Waals surface area contributed by atoms with Crippen molar-refractivity contribution in [2.24, 2.45) is 0 Å². The van der Waals surface area contributed by atoms with Crippen LogP contribution in [0.2, 0.25) is 0 Å². The summed E-state index contributed by atoms with van der Waals surface area (Å²) >= 11 is 0. The van der Waals surface area contributed by atoms with Gasteiger partial charge in [0.25, 0.3) is 0 Å². The average molecular weight is 827 g/mol. The number of aromatic hydroxyl groups is 1. The molecule has 3 N–H and O–H groups in total. The second-order valence-corrected chi connectivity index (χ2v) is 15.7. The van der Waals surface area contributed by atoms with Crippen molar-refractivity contribution in [1.82, 2.24) is 9.97 Å². The minimum atomic E-state index is -0.626. The normalized spacial score (nSPS) is 13.8. The molecule has 7 aromatic carbocycles. The quantitative estimate of drug-likeness (QED) is 0.0896. The van der Waals surface area contributed by atoms with E-state index in [0.29, 0.717) is 0 Å². The summed E-state index contributed by atoms with van der Waals surface area (Å²) in [6.07, 6.45) is 6.28. The van der Waals surface area contributed by atoms with Crippen molar-refractivity contribution < 1.29 is 19.3 Å². The first-order valence-corrected chi connectivity index (χ1v) is 21.3. The van der Waals surface area contributed by atoms with E-state index in [1.54, 1.807) is 33.5 Å². The molecule has 0 unspecified atom stereocenters. The van der Waals surface area contributed by atoms with Crippen LogP contribution in [0.1, 0.15) is 56.0 Å². The molecule has 0 amide bonds. The molecule has 9 aromatic rings. The fraction of sp³-hybridized carbons (Fsp3) is 0.123. The van der Waals surface area contributed by atoms with Gasteiger partial charge in [-0.1, -0.05) is 152 Å². The first kappa shape index (κ1) is 40.7. The number of aromatic nitrogens is 2. The number of fused-ring (bicyclic) bond motifs is 2. The van der Waals surface area contributed by atoms with Crippen LogP contribution in [0.3, 0.4) is 0 Å². The highest BCUT2D eigenvalue weighted by Crippen LogP contribution is 2.50. The van der Waals surface area contributed by atoms with E-state index in [0.717, 1.165) is 80.4 Å². The zero-order chi connectivity index (χ0) is 43.2. The van der Waals surface area contributed by atoms with Crippen molar-refractivity contribution in [2.75, 3.05) is 21.3 Å². The van der Waals surface area contributed by atoms with E-state index in [9.17, 15) is 5.11 Å². The van der Waals surface area contributed by atoms with Gasteiger partial charge >= 0.3 is 0 Å². The number of benzene rings is 7. The van der Waals surface area contributed by atoms with E-state index in [1.165, 1.54) is 16.6 Å². The minimum absolute atomic E-state index is 0.251. The zero-order valence-electron chi connectivity index (χ0n) is 35.7. The van der Waals surface area contributed by atoms with Gasteiger partial charge in [-0.05, 0) is 94.2 Å². The molecule has 0 fully saturated rings. The van der Waals surface area contributed by atoms with Crippen molar-refractivity contribution >= 4 is 10.9 Å². The Bertz CT molecular complexity index is 2910. The molecule has 10 rings (SSSR count). The van der Waals surface area contributed by atoms with Gasteiger partial charge < -0.3 is 29.3 Å². The maximum absolute atomic E-state index is 10.0. The Labute approximate surface area is 369 Å². The monoisotopic (exact) mass is 826 g/mol. The number of allylic oxidation sites excluding steroid dienone is 2. The number of para-hydroxylation sites is 3. The Morgan fingerprint density at radius 1 is 0.444 bits per heavy atom. The van der Waals surface area contributed by atoms with Gasteiger partial charge in [0, 0.05) is 40.1 Å². The maximum Gasteiger partial charge on any atom is 0.123 e. The molecule has 2 heterocycles. The molecule has 2 aromatic heterocycles. The molecule has 0 aliphatic heterocycles. The maximum atomic E-state index is 10.0. The Morgan fingerprint density at radius 2 is 0.921 bits per heavy atom. The molecular formula is C57H50N2O4. The molecular weight excluding hydrogens is 777 g/mol. The third-order valence-electron chi connectivity index (χ3n) is 12.4. The second kappa shape index (κ2) is 17.7. The van der Waals surface area contributed by atoms with Crippen LogP contribution in [0, 0.1) is 0 Å². The molecule has 2 atom stereocenters. The molecule has 6 nitrogen and oxygen atoms in total. The lowest BCUT2D eigenvalue weighted by Crippen LogP contribution is -2.32. The summed E-state index contributed by atoms with van der Waals surface area (Å²) in [5.41, 5.74) is 11.2. The molecule has 0 saturated heterocycles. The number of ether oxygens (including phenoxy) is 3. The number of aromatic amines is 2. The molecule has 0 spiro atoms. The van der Waals surface area contributed by atoms with Gasteiger partial charge in [0.1, 0.15) is 23.0 Å². The summed E-state index contributed by atoms with van der Waals surface area (Å²) < 4.78 is 17.2. The zero-order valence-corrected chi connectivity index (χ0v) is 35.7. The molecule has 0 saturated carbocycles. The average Bonchev–Trinajstić information content (AvgIpc) is 4.00. The van der Waals surface area contributed by atoms with E-state index >= 15 is 0 Å². The van der Waals surface area contributed by atoms with E-state index in [1.807, 2.05) is 54.6 Å². The van der Waals surface area contributed by atoms with Gasteiger partial charge in [-0.2, -0.15) is 0 Å². The molecule has 1 aliphatic rings. The van der Waals surface area contributed by atoms with Crippen LogP contribution in [0.4, 0.5) is 0 Å².